The first-order valence-corrected chi connectivity index (χ1v) is 2.56. The number of rotatable bonds is 2. The zero-order valence-electron chi connectivity index (χ0n) is 4.89. The number of hydrogen-bond acceptors (Lipinski definition) is 1. The van der Waals surface area contributed by atoms with Crippen molar-refractivity contribution in [3.05, 3.63) is 12.2 Å². The minimum Gasteiger partial charge on any atom is -0.393 e. The van der Waals surface area contributed by atoms with Crippen molar-refractivity contribution in [2.24, 2.45) is 0 Å². The molecule has 1 unspecified atom stereocenters. The van der Waals surface area contributed by atoms with Gasteiger partial charge in [-0.15, -0.1) is 0 Å². The van der Waals surface area contributed by atoms with Gasteiger partial charge in [0.2, 0.25) is 0 Å². The third-order valence-corrected chi connectivity index (χ3v) is 0.713. The van der Waals surface area contributed by atoms with Gasteiger partial charge < -0.3 is 5.11 Å². The fourth-order valence-corrected chi connectivity index (χ4v) is 0.333. The van der Waals surface area contributed by atoms with E-state index in [1.807, 2.05) is 19.1 Å². The summed E-state index contributed by atoms with van der Waals surface area (Å²) >= 11 is 0. The number of aliphatic hydroxyl groups excluding tert-OH is 1. The molecule has 0 rings (SSSR count). The Balaban J connectivity index is 2.97. The van der Waals surface area contributed by atoms with Crippen molar-refractivity contribution in [1.29, 1.82) is 0 Å². The van der Waals surface area contributed by atoms with Gasteiger partial charge in [0.25, 0.3) is 0 Å². The van der Waals surface area contributed by atoms with Gasteiger partial charge in [0.05, 0.1) is 6.10 Å². The normalized spacial score (nSPS) is 15.3. The van der Waals surface area contributed by atoms with Crippen LogP contribution in [0.5, 0.6) is 0 Å². The van der Waals surface area contributed by atoms with Crippen LogP contribution < -0.4 is 0 Å². The Hall–Kier alpha value is -0.300. The number of hydrogen-bond donors (Lipinski definition) is 1. The van der Waals surface area contributed by atoms with Gasteiger partial charge in [0, 0.05) is 0 Å². The lowest BCUT2D eigenvalue weighted by molar-refractivity contribution is 0.198. The van der Waals surface area contributed by atoms with Crippen LogP contribution in [0.3, 0.4) is 0 Å². The van der Waals surface area contributed by atoms with Crippen LogP contribution in [0.2, 0.25) is 0 Å². The molecule has 0 aliphatic heterocycles. The van der Waals surface area contributed by atoms with Crippen LogP contribution in [-0.2, 0) is 0 Å². The van der Waals surface area contributed by atoms with Gasteiger partial charge in [-0.25, -0.2) is 0 Å². The quantitative estimate of drug-likeness (QED) is 0.519. The molecule has 0 saturated heterocycles. The van der Waals surface area contributed by atoms with Crippen LogP contribution in [0.15, 0.2) is 12.2 Å². The lowest BCUT2D eigenvalue weighted by atomic mass is 10.3. The minimum atomic E-state index is -0.184. The highest BCUT2D eigenvalue weighted by Gasteiger charge is 1.85. The lowest BCUT2D eigenvalue weighted by Gasteiger charge is -1.93. The van der Waals surface area contributed by atoms with E-state index in [1.54, 1.807) is 6.92 Å². The van der Waals surface area contributed by atoms with E-state index in [9.17, 15) is 0 Å². The summed E-state index contributed by atoms with van der Waals surface area (Å²) in [7, 11) is 0. The standard InChI is InChI=1S/C6H12O/c1-3-4-5-6(2)7/h3-4,6-7H,5H2,1-2H3. The summed E-state index contributed by atoms with van der Waals surface area (Å²) in [5, 5.41) is 8.63. The van der Waals surface area contributed by atoms with Gasteiger partial charge >= 0.3 is 0 Å². The zero-order chi connectivity index (χ0) is 5.70. The summed E-state index contributed by atoms with van der Waals surface area (Å²) in [6.45, 7) is 3.72. The molecule has 1 nitrogen and oxygen atoms in total. The van der Waals surface area contributed by atoms with Crippen LogP contribution in [-0.4, -0.2) is 11.2 Å². The van der Waals surface area contributed by atoms with Crippen LogP contribution in [0.25, 0.3) is 0 Å². The molecule has 0 aromatic carbocycles. The van der Waals surface area contributed by atoms with E-state index in [0.29, 0.717) is 0 Å². The van der Waals surface area contributed by atoms with Crippen molar-refractivity contribution in [3.8, 4) is 0 Å². The zero-order valence-corrected chi connectivity index (χ0v) is 4.89. The van der Waals surface area contributed by atoms with Crippen molar-refractivity contribution in [3.63, 3.8) is 0 Å². The van der Waals surface area contributed by atoms with Crippen LogP contribution in [0.4, 0.5) is 0 Å². The van der Waals surface area contributed by atoms with E-state index in [-0.39, 0.29) is 6.10 Å². The van der Waals surface area contributed by atoms with Crippen molar-refractivity contribution in [1.82, 2.24) is 0 Å². The summed E-state index contributed by atoms with van der Waals surface area (Å²) in [5.41, 5.74) is 0. The maximum absolute atomic E-state index is 8.63. The first-order chi connectivity index (χ1) is 3.27. The smallest absolute Gasteiger partial charge is 0.0546 e. The molecular weight excluding hydrogens is 88.1 g/mol. The van der Waals surface area contributed by atoms with Gasteiger partial charge in [-0.2, -0.15) is 0 Å². The van der Waals surface area contributed by atoms with E-state index >= 15 is 0 Å². The molecule has 0 aliphatic rings. The predicted molar refractivity (Wildman–Crippen MR) is 31.1 cm³/mol. The second-order valence-corrected chi connectivity index (χ2v) is 1.65. The van der Waals surface area contributed by atoms with Crippen molar-refractivity contribution >= 4 is 0 Å². The molecule has 0 bridgehead atoms. The Morgan fingerprint density at radius 1 is 1.71 bits per heavy atom. The average molecular weight is 100 g/mol. The van der Waals surface area contributed by atoms with E-state index < -0.39 is 0 Å². The summed E-state index contributed by atoms with van der Waals surface area (Å²) in [5.74, 6) is 0. The van der Waals surface area contributed by atoms with Crippen molar-refractivity contribution in [2.45, 2.75) is 26.4 Å². The molecule has 0 spiro atoms. The lowest BCUT2D eigenvalue weighted by Crippen LogP contribution is -1.94. The van der Waals surface area contributed by atoms with E-state index in [4.69, 9.17) is 5.11 Å². The fourth-order valence-electron chi connectivity index (χ4n) is 0.333. The summed E-state index contributed by atoms with van der Waals surface area (Å²) < 4.78 is 0. The minimum absolute atomic E-state index is 0.184. The average Bonchev–Trinajstić information content (AvgIpc) is 1.61. The molecule has 42 valence electrons. The summed E-state index contributed by atoms with van der Waals surface area (Å²) in [6.07, 6.45) is 4.48. The summed E-state index contributed by atoms with van der Waals surface area (Å²) in [4.78, 5) is 0. The third kappa shape index (κ3) is 5.70. The highest BCUT2D eigenvalue weighted by atomic mass is 16.3. The SMILES string of the molecule is CC=CCC(C)O. The maximum atomic E-state index is 8.63. The molecule has 0 aliphatic carbocycles. The van der Waals surface area contributed by atoms with Gasteiger partial charge in [-0.05, 0) is 20.3 Å². The topological polar surface area (TPSA) is 20.2 Å². The maximum Gasteiger partial charge on any atom is 0.0546 e. The molecule has 1 atom stereocenters. The van der Waals surface area contributed by atoms with Crippen LogP contribution >= 0.6 is 0 Å². The third-order valence-electron chi connectivity index (χ3n) is 0.713. The molecule has 0 radical (unpaired) electrons. The first-order valence-electron chi connectivity index (χ1n) is 2.56. The van der Waals surface area contributed by atoms with E-state index in [2.05, 4.69) is 0 Å². The second-order valence-electron chi connectivity index (χ2n) is 1.65. The Morgan fingerprint density at radius 2 is 2.29 bits per heavy atom. The van der Waals surface area contributed by atoms with Gasteiger partial charge in [-0.1, -0.05) is 12.2 Å². The Bertz CT molecular complexity index is 55.2. The molecule has 1 N–H and O–H groups in total. The van der Waals surface area contributed by atoms with Crippen molar-refractivity contribution in [2.75, 3.05) is 0 Å². The summed E-state index contributed by atoms with van der Waals surface area (Å²) in [6, 6.07) is 0. The molecule has 0 saturated carbocycles. The molecule has 0 amide bonds. The first kappa shape index (κ1) is 6.70. The van der Waals surface area contributed by atoms with E-state index in [0.717, 1.165) is 6.42 Å². The number of aliphatic hydroxyl groups is 1. The highest BCUT2D eigenvalue weighted by molar-refractivity contribution is 4.78. The monoisotopic (exact) mass is 100 g/mol. The Morgan fingerprint density at radius 3 is 2.43 bits per heavy atom. The second kappa shape index (κ2) is 3.88. The highest BCUT2D eigenvalue weighted by Crippen LogP contribution is 1.88. The van der Waals surface area contributed by atoms with Crippen molar-refractivity contribution < 1.29 is 5.11 Å². The molecule has 0 aromatic rings. The molecule has 0 heterocycles. The molecule has 7 heavy (non-hydrogen) atoms. The van der Waals surface area contributed by atoms with E-state index in [1.165, 1.54) is 0 Å². The van der Waals surface area contributed by atoms with Gasteiger partial charge in [0.15, 0.2) is 0 Å². The molecule has 1 heteroatoms. The Kier molecular flexibility index (Phi) is 3.71. The van der Waals surface area contributed by atoms with Crippen LogP contribution in [0, 0.1) is 0 Å². The molecule has 0 fully saturated rings. The largest absolute Gasteiger partial charge is 0.393 e. The van der Waals surface area contributed by atoms with Gasteiger partial charge in [-0.3, -0.25) is 0 Å². The predicted octanol–water partition coefficient (Wildman–Crippen LogP) is 1.33. The Labute approximate surface area is 44.7 Å². The number of allylic oxidation sites excluding steroid dienone is 1. The van der Waals surface area contributed by atoms with Gasteiger partial charge in [0.1, 0.15) is 0 Å². The molecule has 0 aromatic heterocycles. The molecular formula is C6H12O. The fraction of sp³-hybridized carbons (Fsp3) is 0.667. The van der Waals surface area contributed by atoms with Crippen LogP contribution in [0.1, 0.15) is 20.3 Å².